The Hall–Kier alpha value is -1.33. The Balaban J connectivity index is 1.39. The van der Waals surface area contributed by atoms with Crippen molar-refractivity contribution in [3.05, 3.63) is 57.0 Å². The predicted octanol–water partition coefficient (Wildman–Crippen LogP) is 4.04. The van der Waals surface area contributed by atoms with Crippen LogP contribution in [0, 0.1) is 5.82 Å². The maximum absolute atomic E-state index is 13.4. The highest BCUT2D eigenvalue weighted by atomic mass is 32.2. The van der Waals surface area contributed by atoms with E-state index in [1.165, 1.54) is 22.9 Å². The lowest BCUT2D eigenvalue weighted by molar-refractivity contribution is 0.0960. The number of nitrogens with one attached hydrogen (secondary N) is 1. The second kappa shape index (κ2) is 7.29. The first kappa shape index (κ1) is 15.6. The molecule has 1 aliphatic rings. The number of thioether (sulfide) groups is 1. The van der Waals surface area contributed by atoms with Crippen molar-refractivity contribution in [2.75, 3.05) is 12.3 Å². The normalized spacial score (nSPS) is 13.1. The molecule has 0 aliphatic heterocycles. The van der Waals surface area contributed by atoms with E-state index in [0.717, 1.165) is 23.5 Å². The molecule has 0 fully saturated rings. The van der Waals surface area contributed by atoms with Crippen molar-refractivity contribution in [2.24, 2.45) is 0 Å². The van der Waals surface area contributed by atoms with Crippen molar-refractivity contribution in [1.29, 1.82) is 0 Å². The largest absolute Gasteiger partial charge is 0.351 e. The lowest BCUT2D eigenvalue weighted by Crippen LogP contribution is -2.24. The molecule has 0 spiro atoms. The predicted molar refractivity (Wildman–Crippen MR) is 91.2 cm³/mol. The van der Waals surface area contributed by atoms with Crippen molar-refractivity contribution < 1.29 is 9.18 Å². The Morgan fingerprint density at radius 3 is 3.00 bits per heavy atom. The topological polar surface area (TPSA) is 29.1 Å². The van der Waals surface area contributed by atoms with Gasteiger partial charge in [-0.15, -0.1) is 11.3 Å². The van der Waals surface area contributed by atoms with Crippen molar-refractivity contribution in [3.8, 4) is 0 Å². The molecule has 1 aromatic carbocycles. The van der Waals surface area contributed by atoms with Crippen LogP contribution < -0.4 is 5.32 Å². The van der Waals surface area contributed by atoms with E-state index in [2.05, 4.69) is 5.32 Å². The summed E-state index contributed by atoms with van der Waals surface area (Å²) in [4.78, 5) is 14.3. The van der Waals surface area contributed by atoms with Gasteiger partial charge in [-0.3, -0.25) is 4.79 Å². The molecule has 0 unspecified atom stereocenters. The zero-order valence-corrected chi connectivity index (χ0v) is 13.9. The fraction of sp³-hybridized carbons (Fsp3) is 0.353. The quantitative estimate of drug-likeness (QED) is 0.807. The smallest absolute Gasteiger partial charge is 0.261 e. The molecule has 5 heteroatoms. The van der Waals surface area contributed by atoms with Gasteiger partial charge in [-0.05, 0) is 42.5 Å². The van der Waals surface area contributed by atoms with E-state index in [4.69, 9.17) is 0 Å². The maximum atomic E-state index is 13.4. The van der Waals surface area contributed by atoms with Gasteiger partial charge in [0.25, 0.3) is 5.91 Å². The number of benzene rings is 1. The highest BCUT2D eigenvalue weighted by Crippen LogP contribution is 2.30. The minimum Gasteiger partial charge on any atom is -0.351 e. The third-order valence-corrected chi connectivity index (χ3v) is 5.96. The Kier molecular flexibility index (Phi) is 5.16. The van der Waals surface area contributed by atoms with Crippen LogP contribution in [0.1, 0.15) is 32.1 Å². The monoisotopic (exact) mass is 335 g/mol. The van der Waals surface area contributed by atoms with Gasteiger partial charge in [0.15, 0.2) is 0 Å². The van der Waals surface area contributed by atoms with Crippen LogP contribution in [0.3, 0.4) is 0 Å². The van der Waals surface area contributed by atoms with E-state index < -0.39 is 0 Å². The van der Waals surface area contributed by atoms with E-state index in [9.17, 15) is 9.18 Å². The fourth-order valence-electron chi connectivity index (χ4n) is 2.56. The van der Waals surface area contributed by atoms with E-state index in [1.807, 2.05) is 12.1 Å². The molecule has 116 valence electrons. The standard InChI is InChI=1S/C17H18FNOS2/c18-14-6-2-1-4-13(14)11-21-9-8-19-17(20)16-10-12-5-3-7-15(12)22-16/h1-2,4,6,10H,3,5,7-9,11H2,(H,19,20). The zero-order chi connectivity index (χ0) is 15.4. The summed E-state index contributed by atoms with van der Waals surface area (Å²) in [7, 11) is 0. The zero-order valence-electron chi connectivity index (χ0n) is 12.2. The van der Waals surface area contributed by atoms with Crippen molar-refractivity contribution in [1.82, 2.24) is 5.32 Å². The summed E-state index contributed by atoms with van der Waals surface area (Å²) in [5, 5.41) is 2.95. The van der Waals surface area contributed by atoms with Gasteiger partial charge in [0.2, 0.25) is 0 Å². The Morgan fingerprint density at radius 1 is 1.32 bits per heavy atom. The number of carbonyl (C=O) groups excluding carboxylic acids is 1. The molecule has 2 nitrogen and oxygen atoms in total. The average Bonchev–Trinajstić information content (AvgIpc) is 3.10. The van der Waals surface area contributed by atoms with Gasteiger partial charge in [-0.2, -0.15) is 11.8 Å². The lowest BCUT2D eigenvalue weighted by atomic mass is 10.2. The molecule has 1 heterocycles. The number of carbonyl (C=O) groups is 1. The first-order chi connectivity index (χ1) is 10.7. The number of fused-ring (bicyclic) bond motifs is 1. The van der Waals surface area contributed by atoms with Gasteiger partial charge in [-0.1, -0.05) is 18.2 Å². The Morgan fingerprint density at radius 2 is 2.18 bits per heavy atom. The number of hydrogen-bond donors (Lipinski definition) is 1. The van der Waals surface area contributed by atoms with Crippen molar-refractivity contribution in [2.45, 2.75) is 25.0 Å². The van der Waals surface area contributed by atoms with Crippen LogP contribution in [0.25, 0.3) is 0 Å². The summed E-state index contributed by atoms with van der Waals surface area (Å²) in [5.74, 6) is 1.28. The molecule has 1 N–H and O–H groups in total. The molecule has 2 aromatic rings. The minimum atomic E-state index is -0.160. The molecule has 1 aliphatic carbocycles. The van der Waals surface area contributed by atoms with E-state index >= 15 is 0 Å². The summed E-state index contributed by atoms with van der Waals surface area (Å²) in [6, 6.07) is 8.86. The Bertz CT molecular complexity index is 647. The first-order valence-corrected chi connectivity index (χ1v) is 9.42. The summed E-state index contributed by atoms with van der Waals surface area (Å²) >= 11 is 3.25. The average molecular weight is 335 g/mol. The minimum absolute atomic E-state index is 0.0193. The van der Waals surface area contributed by atoms with Gasteiger partial charge in [-0.25, -0.2) is 4.39 Å². The summed E-state index contributed by atoms with van der Waals surface area (Å²) in [5.41, 5.74) is 2.07. The summed E-state index contributed by atoms with van der Waals surface area (Å²) in [6.45, 7) is 0.612. The summed E-state index contributed by atoms with van der Waals surface area (Å²) < 4.78 is 13.4. The Labute approximate surface area is 138 Å². The van der Waals surface area contributed by atoms with Gasteiger partial charge >= 0.3 is 0 Å². The number of aryl methyl sites for hydroxylation is 2. The SMILES string of the molecule is O=C(NCCSCc1ccccc1F)c1cc2c(s1)CCC2. The number of amides is 1. The fourth-order valence-corrected chi connectivity index (χ4v) is 4.58. The molecule has 0 bridgehead atoms. The third kappa shape index (κ3) is 3.70. The second-order valence-corrected chi connectivity index (χ2v) is 7.55. The number of thiophene rings is 1. The molecule has 0 saturated heterocycles. The van der Waals surface area contributed by atoms with E-state index in [-0.39, 0.29) is 11.7 Å². The molecule has 0 radical (unpaired) electrons. The van der Waals surface area contributed by atoms with Crippen LogP contribution in [0.15, 0.2) is 30.3 Å². The van der Waals surface area contributed by atoms with Gasteiger partial charge in [0, 0.05) is 22.9 Å². The van der Waals surface area contributed by atoms with Crippen LogP contribution in [0.5, 0.6) is 0 Å². The molecular weight excluding hydrogens is 317 g/mol. The van der Waals surface area contributed by atoms with Gasteiger partial charge in [0.1, 0.15) is 5.82 Å². The molecule has 3 rings (SSSR count). The van der Waals surface area contributed by atoms with Gasteiger partial charge < -0.3 is 5.32 Å². The van der Waals surface area contributed by atoms with Crippen LogP contribution in [0.4, 0.5) is 4.39 Å². The number of rotatable bonds is 6. The molecule has 0 saturated carbocycles. The summed E-state index contributed by atoms with van der Waals surface area (Å²) in [6.07, 6.45) is 3.44. The van der Waals surface area contributed by atoms with Crippen LogP contribution in [0.2, 0.25) is 0 Å². The van der Waals surface area contributed by atoms with Crippen molar-refractivity contribution in [3.63, 3.8) is 0 Å². The van der Waals surface area contributed by atoms with Crippen molar-refractivity contribution >= 4 is 29.0 Å². The van der Waals surface area contributed by atoms with Crippen LogP contribution in [-0.2, 0) is 18.6 Å². The number of hydrogen-bond acceptors (Lipinski definition) is 3. The molecule has 22 heavy (non-hydrogen) atoms. The molecule has 1 aromatic heterocycles. The van der Waals surface area contributed by atoms with E-state index in [0.29, 0.717) is 17.9 Å². The first-order valence-electron chi connectivity index (χ1n) is 7.45. The maximum Gasteiger partial charge on any atom is 0.261 e. The van der Waals surface area contributed by atoms with Gasteiger partial charge in [0.05, 0.1) is 4.88 Å². The highest BCUT2D eigenvalue weighted by Gasteiger charge is 2.18. The second-order valence-electron chi connectivity index (χ2n) is 5.31. The third-order valence-electron chi connectivity index (χ3n) is 3.72. The molecular formula is C17H18FNOS2. The molecule has 1 amide bonds. The van der Waals surface area contributed by atoms with Crippen LogP contribution >= 0.6 is 23.1 Å². The highest BCUT2D eigenvalue weighted by molar-refractivity contribution is 7.98. The lowest BCUT2D eigenvalue weighted by Gasteiger charge is -2.05. The molecule has 0 atom stereocenters. The van der Waals surface area contributed by atoms with E-state index in [1.54, 1.807) is 35.2 Å². The van der Waals surface area contributed by atoms with Crippen LogP contribution in [-0.4, -0.2) is 18.2 Å². The number of halogens is 1.